The predicted octanol–water partition coefficient (Wildman–Crippen LogP) is 2.97. The van der Waals surface area contributed by atoms with Crippen LogP contribution in [0.3, 0.4) is 0 Å². The molecule has 0 N–H and O–H groups in total. The average molecular weight is 227 g/mol. The molecule has 0 saturated carbocycles. The number of allylic oxidation sites excluding steroid dienone is 1. The van der Waals surface area contributed by atoms with Crippen molar-refractivity contribution in [1.29, 1.82) is 0 Å². The zero-order valence-electron chi connectivity index (χ0n) is 10.9. The van der Waals surface area contributed by atoms with E-state index in [2.05, 4.69) is 18.4 Å². The molecule has 0 saturated heterocycles. The number of nitrogens with zero attached hydrogens (tertiary/aromatic N) is 1. The molecule has 16 heavy (non-hydrogen) atoms. The molecule has 0 radical (unpaired) electrons. The molecule has 0 aliphatic carbocycles. The van der Waals surface area contributed by atoms with Crippen molar-refractivity contribution in [2.75, 3.05) is 20.2 Å². The van der Waals surface area contributed by atoms with Gasteiger partial charge in [0.25, 0.3) is 0 Å². The van der Waals surface area contributed by atoms with Crippen LogP contribution in [0.2, 0.25) is 0 Å². The molecule has 94 valence electrons. The highest BCUT2D eigenvalue weighted by Gasteiger charge is 2.03. The van der Waals surface area contributed by atoms with Crippen LogP contribution in [0.5, 0.6) is 0 Å². The van der Waals surface area contributed by atoms with Crippen LogP contribution in [0.15, 0.2) is 12.3 Å². The van der Waals surface area contributed by atoms with Gasteiger partial charge in [-0.15, -0.1) is 0 Å². The minimum atomic E-state index is -0.0635. The molecular weight excluding hydrogens is 202 g/mol. The monoisotopic (exact) mass is 227 g/mol. The van der Waals surface area contributed by atoms with Crippen LogP contribution in [0, 0.1) is 0 Å². The van der Waals surface area contributed by atoms with E-state index in [1.54, 1.807) is 0 Å². The summed E-state index contributed by atoms with van der Waals surface area (Å²) in [6, 6.07) is 0. The normalized spacial score (nSPS) is 9.94. The summed E-state index contributed by atoms with van der Waals surface area (Å²) < 4.78 is 5.07. The van der Waals surface area contributed by atoms with Crippen LogP contribution < -0.4 is 0 Å². The van der Waals surface area contributed by atoms with Crippen molar-refractivity contribution in [3.8, 4) is 0 Å². The Balaban J connectivity index is 3.37. The Morgan fingerprint density at radius 2 is 2.00 bits per heavy atom. The summed E-state index contributed by atoms with van der Waals surface area (Å²) in [6.45, 7) is 9.45. The maximum absolute atomic E-state index is 11.2. The molecule has 0 heterocycles. The molecule has 0 spiro atoms. The second-order valence-electron chi connectivity index (χ2n) is 4.19. The molecule has 0 bridgehead atoms. The van der Waals surface area contributed by atoms with Gasteiger partial charge in [0.2, 0.25) is 0 Å². The number of ether oxygens (including phenoxy) is 1. The van der Waals surface area contributed by atoms with Gasteiger partial charge in [-0.1, -0.05) is 19.9 Å². The van der Waals surface area contributed by atoms with Gasteiger partial charge in [-0.2, -0.15) is 0 Å². The zero-order valence-corrected chi connectivity index (χ0v) is 10.9. The van der Waals surface area contributed by atoms with Gasteiger partial charge < -0.3 is 9.64 Å². The number of carbonyl (C=O) groups excluding carboxylic acids is 1. The van der Waals surface area contributed by atoms with E-state index in [1.165, 1.54) is 0 Å². The molecule has 0 aliphatic rings. The fraction of sp³-hybridized carbons (Fsp3) is 0.769. The molecule has 0 aromatic carbocycles. The van der Waals surface area contributed by atoms with Crippen LogP contribution in [0.25, 0.3) is 0 Å². The van der Waals surface area contributed by atoms with E-state index in [-0.39, 0.29) is 5.97 Å². The third-order valence-electron chi connectivity index (χ3n) is 2.54. The van der Waals surface area contributed by atoms with Crippen molar-refractivity contribution in [3.05, 3.63) is 12.3 Å². The maximum Gasteiger partial charge on any atom is 0.305 e. The fourth-order valence-electron chi connectivity index (χ4n) is 1.21. The van der Waals surface area contributed by atoms with Gasteiger partial charge in [0, 0.05) is 25.7 Å². The van der Waals surface area contributed by atoms with Crippen LogP contribution >= 0.6 is 0 Å². The first-order chi connectivity index (χ1) is 7.57. The first-order valence-electron chi connectivity index (χ1n) is 6.10. The Kier molecular flexibility index (Phi) is 8.68. The largest absolute Gasteiger partial charge is 0.466 e. The van der Waals surface area contributed by atoms with Gasteiger partial charge in [0.1, 0.15) is 0 Å². The molecule has 0 atom stereocenters. The van der Waals surface area contributed by atoms with Gasteiger partial charge in [-0.05, 0) is 26.2 Å². The zero-order chi connectivity index (χ0) is 12.4. The van der Waals surface area contributed by atoms with Crippen molar-refractivity contribution < 1.29 is 9.53 Å². The Hall–Kier alpha value is -0.990. The van der Waals surface area contributed by atoms with Crippen molar-refractivity contribution >= 4 is 5.97 Å². The predicted molar refractivity (Wildman–Crippen MR) is 67.2 cm³/mol. The number of carbonyl (C=O) groups is 1. The van der Waals surface area contributed by atoms with Crippen LogP contribution in [0.1, 0.15) is 46.0 Å². The summed E-state index contributed by atoms with van der Waals surface area (Å²) >= 11 is 0. The van der Waals surface area contributed by atoms with E-state index in [4.69, 9.17) is 4.74 Å². The van der Waals surface area contributed by atoms with Gasteiger partial charge in [0.05, 0.1) is 6.61 Å². The summed E-state index contributed by atoms with van der Waals surface area (Å²) in [6.07, 6.45) is 4.46. The molecule has 3 heteroatoms. The highest BCUT2D eigenvalue weighted by molar-refractivity contribution is 5.69. The lowest BCUT2D eigenvalue weighted by molar-refractivity contribution is -0.143. The summed E-state index contributed by atoms with van der Waals surface area (Å²) in [7, 11) is 2.02. The minimum absolute atomic E-state index is 0.0635. The van der Waals surface area contributed by atoms with Gasteiger partial charge in [0.15, 0.2) is 0 Å². The lowest BCUT2D eigenvalue weighted by Crippen LogP contribution is -2.16. The summed E-state index contributed by atoms with van der Waals surface area (Å²) in [5, 5.41) is 0. The number of hydrogen-bond donors (Lipinski definition) is 0. The standard InChI is InChI=1S/C13H25NO2/c1-5-6-11-16-13(15)9-7-8-10-14(4)12(2)3/h2,5-11H2,1,3-4H3. The first-order valence-corrected chi connectivity index (χ1v) is 6.10. The molecule has 0 aliphatic heterocycles. The molecule has 0 fully saturated rings. The Morgan fingerprint density at radius 3 is 2.56 bits per heavy atom. The first kappa shape index (κ1) is 15.0. The van der Waals surface area contributed by atoms with Crippen LogP contribution in [-0.4, -0.2) is 31.1 Å². The highest BCUT2D eigenvalue weighted by Crippen LogP contribution is 2.03. The van der Waals surface area contributed by atoms with E-state index in [9.17, 15) is 4.79 Å². The smallest absolute Gasteiger partial charge is 0.305 e. The summed E-state index contributed by atoms with van der Waals surface area (Å²) in [5.41, 5.74) is 1.06. The van der Waals surface area contributed by atoms with Gasteiger partial charge in [-0.25, -0.2) is 0 Å². The fourth-order valence-corrected chi connectivity index (χ4v) is 1.21. The molecular formula is C13H25NO2. The Labute approximate surface area is 99.5 Å². The lowest BCUT2D eigenvalue weighted by Gasteiger charge is -2.18. The van der Waals surface area contributed by atoms with Crippen molar-refractivity contribution in [2.24, 2.45) is 0 Å². The maximum atomic E-state index is 11.2. The van der Waals surface area contributed by atoms with Crippen LogP contribution in [0.4, 0.5) is 0 Å². The molecule has 0 rings (SSSR count). The van der Waals surface area contributed by atoms with E-state index < -0.39 is 0 Å². The molecule has 0 aromatic rings. The molecule has 0 unspecified atom stereocenters. The minimum Gasteiger partial charge on any atom is -0.466 e. The number of unbranched alkanes of at least 4 members (excludes halogenated alkanes) is 2. The quantitative estimate of drug-likeness (QED) is 0.448. The topological polar surface area (TPSA) is 29.5 Å². The molecule has 0 aromatic heterocycles. The van der Waals surface area contributed by atoms with Crippen LogP contribution in [-0.2, 0) is 9.53 Å². The number of esters is 1. The second-order valence-corrected chi connectivity index (χ2v) is 4.19. The van der Waals surface area contributed by atoms with Gasteiger partial charge in [-0.3, -0.25) is 4.79 Å². The van der Waals surface area contributed by atoms with Crippen molar-refractivity contribution in [2.45, 2.75) is 46.0 Å². The lowest BCUT2D eigenvalue weighted by atomic mass is 10.2. The SMILES string of the molecule is C=C(C)N(C)CCCCC(=O)OCCCC. The van der Waals surface area contributed by atoms with E-state index >= 15 is 0 Å². The second kappa shape index (κ2) is 9.25. The number of rotatable bonds is 9. The Morgan fingerprint density at radius 1 is 1.31 bits per heavy atom. The molecule has 0 amide bonds. The summed E-state index contributed by atoms with van der Waals surface area (Å²) in [5.74, 6) is -0.0635. The highest BCUT2D eigenvalue weighted by atomic mass is 16.5. The van der Waals surface area contributed by atoms with E-state index in [1.807, 2.05) is 14.0 Å². The summed E-state index contributed by atoms with van der Waals surface area (Å²) in [4.78, 5) is 13.3. The van der Waals surface area contributed by atoms with E-state index in [0.717, 1.165) is 37.9 Å². The molecule has 3 nitrogen and oxygen atoms in total. The van der Waals surface area contributed by atoms with Crippen molar-refractivity contribution in [3.63, 3.8) is 0 Å². The third kappa shape index (κ3) is 8.33. The average Bonchev–Trinajstić information content (AvgIpc) is 2.24. The Bertz CT molecular complexity index is 214. The third-order valence-corrected chi connectivity index (χ3v) is 2.54. The van der Waals surface area contributed by atoms with Gasteiger partial charge >= 0.3 is 5.97 Å². The van der Waals surface area contributed by atoms with E-state index in [0.29, 0.717) is 13.0 Å². The number of hydrogen-bond acceptors (Lipinski definition) is 3. The van der Waals surface area contributed by atoms with Crippen molar-refractivity contribution in [1.82, 2.24) is 4.90 Å².